The maximum absolute atomic E-state index is 18.1. The zero-order valence-electron chi connectivity index (χ0n) is 63.0. The normalized spacial score (nSPS) is 20.4. The summed E-state index contributed by atoms with van der Waals surface area (Å²) in [5.74, 6) is -9.66. The van der Waals surface area contributed by atoms with Gasteiger partial charge in [0.1, 0.15) is 29.8 Å². The van der Waals surface area contributed by atoms with Gasteiger partial charge in [-0.2, -0.15) is 39.5 Å². The van der Waals surface area contributed by atoms with Crippen molar-refractivity contribution in [2.75, 3.05) is 149 Å². The first-order chi connectivity index (χ1) is 52.0. The first-order valence-electron chi connectivity index (χ1n) is 36.0. The second-order valence-electron chi connectivity index (χ2n) is 30.0. The number of nitrogens with zero attached hydrogens (tertiary/aromatic N) is 10. The van der Waals surface area contributed by atoms with Gasteiger partial charge < -0.3 is 14.7 Å². The summed E-state index contributed by atoms with van der Waals surface area (Å²) in [6.45, 7) is 0.344. The van der Waals surface area contributed by atoms with Crippen LogP contribution >= 0.6 is 69.6 Å². The van der Waals surface area contributed by atoms with Crippen molar-refractivity contribution in [3.05, 3.63) is 207 Å². The Morgan fingerprint density at radius 3 is 1.13 bits per heavy atom. The lowest BCUT2D eigenvalue weighted by Crippen LogP contribution is -2.76. The Morgan fingerprint density at radius 1 is 0.414 bits per heavy atom. The molecule has 608 valence electrons. The second kappa shape index (κ2) is 37.8. The van der Waals surface area contributed by atoms with Crippen molar-refractivity contribution >= 4 is 87.0 Å². The molecule has 3 aliphatic rings. The predicted octanol–water partition coefficient (Wildman–Crippen LogP) is 14.8. The Labute approximate surface area is 670 Å². The number of ketones is 3. The minimum absolute atomic E-state index is 0.00154. The number of halogens is 18. The van der Waals surface area contributed by atoms with E-state index in [1.54, 1.807) is 121 Å². The highest BCUT2D eigenvalue weighted by molar-refractivity contribution is 6.47. The van der Waals surface area contributed by atoms with Crippen molar-refractivity contribution in [3.63, 3.8) is 0 Å². The third kappa shape index (κ3) is 21.7. The van der Waals surface area contributed by atoms with Gasteiger partial charge in [-0.25, -0.2) is 13.2 Å². The van der Waals surface area contributed by atoms with Crippen molar-refractivity contribution < 1.29 is 67.1 Å². The van der Waals surface area contributed by atoms with Gasteiger partial charge in [0, 0.05) is 114 Å². The summed E-state index contributed by atoms with van der Waals surface area (Å²) in [6.07, 6.45) is -17.4. The largest absolute Gasteiger partial charge is 0.419 e. The van der Waals surface area contributed by atoms with E-state index >= 15 is 27.6 Å². The van der Waals surface area contributed by atoms with Crippen LogP contribution < -0.4 is 10.6 Å². The fraction of sp³-hybridized carbons (Fsp3) is 0.500. The number of benzene rings is 6. The number of alkyl halides is 9. The van der Waals surface area contributed by atoms with E-state index in [2.05, 4.69) is 10.6 Å². The smallest absolute Gasteiger partial charge is 0.309 e. The Morgan fingerprint density at radius 2 is 0.766 bits per heavy atom. The third-order valence-corrected chi connectivity index (χ3v) is 23.5. The van der Waals surface area contributed by atoms with Crippen molar-refractivity contribution in [2.45, 2.75) is 105 Å². The molecule has 15 nitrogen and oxygen atoms in total. The standard InChI is InChI=1S/C78H92Cl6F12N12O3/c1-99(2)27-11-25-97-74(107-41-53(50-17-23-59(80)62(83)35-50)68(44-107)103(8)38-47-14-20-56(65(86)32-47)77(91,92)93)72(111)75(105(10)29-12-28-100(3)4,108-42-54(51-18-24-60(81)63(84)36-51)69(45-108)104(9)39-48-15-21-57(66(87)33-48)78(94,95)96)71(110)70(109)73(98-26-30-101(5)6)106-40-52(49-16-22-58(79)61(82)34-49)67(43-106)102(7)37-46-13-19-55(64(85)31-46)76(88,89)90/h13-24,31-36,52-54,67-69,73-74,97-98H,11-12,25-30,37-45H2,1-10H3/t52-,53-,54-,67-,68-,69-,73?,74?,75?/m1/s1. The Hall–Kier alpha value is -5.25. The molecule has 2 N–H and O–H groups in total. The maximum Gasteiger partial charge on any atom is 0.419 e. The summed E-state index contributed by atoms with van der Waals surface area (Å²) in [6, 6.07) is 20.6. The predicted molar refractivity (Wildman–Crippen MR) is 411 cm³/mol. The summed E-state index contributed by atoms with van der Waals surface area (Å²) in [7, 11) is 17.6. The van der Waals surface area contributed by atoms with E-state index in [0.717, 1.165) is 24.3 Å². The summed E-state index contributed by atoms with van der Waals surface area (Å²) in [5, 5.41) is 8.04. The Balaban J connectivity index is 1.27. The molecule has 111 heavy (non-hydrogen) atoms. The SMILES string of the molecule is CN(C)CCCNC(C(=O)C(C(=O)C(=O)C(NCCN(C)C)N1C[C@H](c2ccc(Cl)c(Cl)c2)[C@H](N(C)Cc2ccc(C(F)(F)F)c(F)c2)C1)(N(C)CCCN(C)C)N1C[C@H](c2ccc(Cl)c(Cl)c2)[C@H](N(C)Cc2ccc(C(F)(F)F)c(F)c2)C1)N1C[C@H](c2ccc(Cl)c(Cl)c2)[C@H](N(C)Cc2ccc(C(F)(F)F)c(F)c2)C1. The van der Waals surface area contributed by atoms with Gasteiger partial charge in [0.05, 0.1) is 46.8 Å². The number of rotatable bonds is 34. The average molecular weight is 1690 g/mol. The fourth-order valence-electron chi connectivity index (χ4n) is 15.7. The van der Waals surface area contributed by atoms with Gasteiger partial charge in [-0.3, -0.25) is 59.3 Å². The van der Waals surface area contributed by atoms with Gasteiger partial charge in [-0.15, -0.1) is 0 Å². The van der Waals surface area contributed by atoms with Crippen LogP contribution in [0.4, 0.5) is 52.7 Å². The van der Waals surface area contributed by atoms with Gasteiger partial charge in [-0.1, -0.05) is 106 Å². The number of hydrogen-bond donors (Lipinski definition) is 2. The van der Waals surface area contributed by atoms with Crippen LogP contribution in [0, 0.1) is 17.5 Å². The second-order valence-corrected chi connectivity index (χ2v) is 32.5. The molecule has 0 bridgehead atoms. The van der Waals surface area contributed by atoms with E-state index in [0.29, 0.717) is 60.9 Å². The molecule has 0 saturated carbocycles. The third-order valence-electron chi connectivity index (χ3n) is 21.3. The quantitative estimate of drug-likeness (QED) is 0.0173. The molecule has 3 heterocycles. The Bertz CT molecular complexity index is 4240. The number of likely N-dealkylation sites (N-methyl/N-ethyl adjacent to an activating group) is 5. The minimum Gasteiger partial charge on any atom is -0.309 e. The zero-order valence-corrected chi connectivity index (χ0v) is 67.6. The molecule has 0 amide bonds. The van der Waals surface area contributed by atoms with Crippen molar-refractivity contribution in [3.8, 4) is 0 Å². The molecule has 3 unspecified atom stereocenters. The molecule has 9 atom stereocenters. The monoisotopic (exact) mass is 1680 g/mol. The van der Waals surface area contributed by atoms with Crippen LogP contribution in [0.15, 0.2) is 109 Å². The number of carbonyl (C=O) groups is 3. The molecule has 9 rings (SSSR count). The molecule has 6 aromatic carbocycles. The van der Waals surface area contributed by atoms with Crippen molar-refractivity contribution in [2.24, 2.45) is 0 Å². The highest BCUT2D eigenvalue weighted by Gasteiger charge is 2.63. The summed E-state index contributed by atoms with van der Waals surface area (Å²) < 4.78 is 173. The number of hydrogen-bond acceptors (Lipinski definition) is 15. The van der Waals surface area contributed by atoms with Gasteiger partial charge in [0.15, 0.2) is 0 Å². The molecule has 0 spiro atoms. The minimum atomic E-state index is -5.02. The lowest BCUT2D eigenvalue weighted by molar-refractivity contribution is -0.167. The van der Waals surface area contributed by atoms with E-state index < -0.39 is 124 Å². The van der Waals surface area contributed by atoms with Gasteiger partial charge in [-0.05, 0) is 209 Å². The van der Waals surface area contributed by atoms with Gasteiger partial charge >= 0.3 is 18.5 Å². The van der Waals surface area contributed by atoms with E-state index in [-0.39, 0.29) is 132 Å². The van der Waals surface area contributed by atoms with Crippen molar-refractivity contribution in [1.29, 1.82) is 0 Å². The van der Waals surface area contributed by atoms with Crippen LogP contribution in [0.3, 0.4) is 0 Å². The fourth-order valence-corrected chi connectivity index (χ4v) is 16.6. The summed E-state index contributed by atoms with van der Waals surface area (Å²) in [5.41, 5.74) is -4.83. The topological polar surface area (TPSA) is 108 Å². The van der Waals surface area contributed by atoms with Crippen LogP contribution in [-0.4, -0.2) is 251 Å². The number of likely N-dealkylation sites (tertiary alicyclic amines) is 3. The van der Waals surface area contributed by atoms with E-state index in [4.69, 9.17) is 69.6 Å². The molecule has 0 aromatic heterocycles. The van der Waals surface area contributed by atoms with Crippen LogP contribution in [0.2, 0.25) is 30.1 Å². The molecule has 6 aromatic rings. The molecular formula is C78H92Cl6F12N12O3. The maximum atomic E-state index is 18.1. The van der Waals surface area contributed by atoms with E-state index in [1.165, 1.54) is 12.1 Å². The zero-order chi connectivity index (χ0) is 81.7. The van der Waals surface area contributed by atoms with E-state index in [9.17, 15) is 39.5 Å². The lowest BCUT2D eigenvalue weighted by atomic mass is 9.88. The van der Waals surface area contributed by atoms with Gasteiger partial charge in [0.2, 0.25) is 23.0 Å². The first-order valence-corrected chi connectivity index (χ1v) is 38.3. The van der Waals surface area contributed by atoms with Crippen molar-refractivity contribution in [1.82, 2.24) is 59.6 Å². The number of Topliss-reactive ketones (excluding diaryl/α,β-unsaturated/α-hetero) is 3. The van der Waals surface area contributed by atoms with Gasteiger partial charge in [0.25, 0.3) is 0 Å². The summed E-state index contributed by atoms with van der Waals surface area (Å²) >= 11 is 40.2. The molecule has 3 aliphatic heterocycles. The Kier molecular flexibility index (Phi) is 30.5. The molecule has 33 heteroatoms. The average Bonchev–Trinajstić information content (AvgIpc) is 1.65. The molecule has 0 aliphatic carbocycles. The summed E-state index contributed by atoms with van der Waals surface area (Å²) in [4.78, 5) is 71.0. The van der Waals surface area contributed by atoms with Crippen LogP contribution in [0.5, 0.6) is 0 Å². The number of carbonyl (C=O) groups excluding carboxylic acids is 3. The lowest BCUT2D eigenvalue weighted by Gasteiger charge is -2.48. The first kappa shape index (κ1) is 89.7. The van der Waals surface area contributed by atoms with Crippen LogP contribution in [0.1, 0.15) is 80.7 Å². The molecule has 0 radical (unpaired) electrons. The van der Waals surface area contributed by atoms with Crippen LogP contribution in [-0.2, 0) is 52.5 Å². The molecule has 3 fully saturated rings. The molecular weight excluding hydrogens is 1590 g/mol. The highest BCUT2D eigenvalue weighted by Crippen LogP contribution is 2.45. The number of nitrogens with one attached hydrogen (secondary N) is 2. The molecule has 3 saturated heterocycles. The van der Waals surface area contributed by atoms with E-state index in [1.807, 2.05) is 52.7 Å². The highest BCUT2D eigenvalue weighted by atomic mass is 35.5. The van der Waals surface area contributed by atoms with Crippen LogP contribution in [0.25, 0.3) is 0 Å².